The molecule has 2 aromatic heterocycles. The number of alkyl carbamates (subject to hydrolysis) is 2. The van der Waals surface area contributed by atoms with Gasteiger partial charge in [0.15, 0.2) is 0 Å². The van der Waals surface area contributed by atoms with E-state index in [1.165, 1.54) is 20.6 Å². The van der Waals surface area contributed by atoms with Crippen molar-refractivity contribution in [3.05, 3.63) is 65.9 Å². The van der Waals surface area contributed by atoms with Gasteiger partial charge in [-0.15, -0.1) is 0 Å². The first kappa shape index (κ1) is 54.0. The molecule has 0 saturated heterocycles. The minimum Gasteiger partial charge on any atom is -0.488 e. The molecule has 0 fully saturated rings. The molecule has 0 bridgehead atoms. The molecule has 0 aliphatic carbocycles. The average molecular weight is 887 g/mol. The average Bonchev–Trinajstić information content (AvgIpc) is 3.96. The van der Waals surface area contributed by atoms with E-state index < -0.39 is 12.2 Å². The fourth-order valence-corrected chi connectivity index (χ4v) is 6.44. The first-order valence-electron chi connectivity index (χ1n) is 22.7. The number of imidazole rings is 2. The minimum atomic E-state index is -0.660. The van der Waals surface area contributed by atoms with E-state index in [-0.39, 0.29) is 44.0 Å². The van der Waals surface area contributed by atoms with Gasteiger partial charge < -0.3 is 44.6 Å². The van der Waals surface area contributed by atoms with Crippen molar-refractivity contribution in [3.63, 3.8) is 0 Å². The van der Waals surface area contributed by atoms with Gasteiger partial charge >= 0.3 is 12.2 Å². The van der Waals surface area contributed by atoms with Crippen molar-refractivity contribution in [1.82, 2.24) is 40.4 Å². The highest BCUT2D eigenvalue weighted by atomic mass is 16.5. The molecule has 64 heavy (non-hydrogen) atoms. The van der Waals surface area contributed by atoms with E-state index in [1.807, 2.05) is 72.7 Å². The number of rotatable bonds is 13. The molecule has 4 N–H and O–H groups in total. The van der Waals surface area contributed by atoms with Crippen LogP contribution >= 0.6 is 0 Å². The zero-order valence-electron chi connectivity index (χ0n) is 40.8. The van der Waals surface area contributed by atoms with Gasteiger partial charge in [-0.1, -0.05) is 101 Å². The monoisotopic (exact) mass is 887 g/mol. The molecule has 15 nitrogen and oxygen atoms in total. The van der Waals surface area contributed by atoms with Crippen LogP contribution in [0.3, 0.4) is 0 Å². The normalized spacial score (nSPS) is 11.2. The van der Waals surface area contributed by atoms with Crippen molar-refractivity contribution in [1.29, 1.82) is 0 Å². The maximum atomic E-state index is 13.1. The smallest absolute Gasteiger partial charge is 0.407 e. The number of aromatic nitrogens is 4. The van der Waals surface area contributed by atoms with E-state index in [0.29, 0.717) is 24.8 Å². The number of hydrogen-bond donors (Lipinski definition) is 4. The first-order chi connectivity index (χ1) is 30.8. The largest absolute Gasteiger partial charge is 0.488 e. The number of amides is 4. The van der Waals surface area contributed by atoms with Crippen LogP contribution in [-0.2, 0) is 38.8 Å². The zero-order chi connectivity index (χ0) is 47.9. The number of hydrogen-bond acceptors (Lipinski definition) is 9. The van der Waals surface area contributed by atoms with Crippen LogP contribution in [0.15, 0.2) is 48.7 Å². The van der Waals surface area contributed by atoms with E-state index in [1.54, 1.807) is 16.0 Å². The number of fused-ring (bicyclic) bond motifs is 6. The van der Waals surface area contributed by atoms with Gasteiger partial charge in [0.05, 0.1) is 50.2 Å². The molecule has 6 rings (SSSR count). The number of aromatic amines is 2. The maximum Gasteiger partial charge on any atom is 0.407 e. The summed E-state index contributed by atoms with van der Waals surface area (Å²) in [5, 5.41) is 6.84. The summed E-state index contributed by atoms with van der Waals surface area (Å²) in [6, 6.07) is 14.3. The summed E-state index contributed by atoms with van der Waals surface area (Å²) in [6.07, 6.45) is 3.18. The Labute approximate surface area is 380 Å². The second kappa shape index (κ2) is 27.8. The van der Waals surface area contributed by atoms with Crippen LogP contribution in [0, 0.1) is 5.92 Å². The van der Waals surface area contributed by atoms with E-state index >= 15 is 0 Å². The van der Waals surface area contributed by atoms with Crippen LogP contribution in [-0.4, -0.2) is 93.6 Å². The topological polar surface area (TPSA) is 184 Å². The van der Waals surface area contributed by atoms with Crippen molar-refractivity contribution in [2.75, 3.05) is 33.9 Å². The van der Waals surface area contributed by atoms with Crippen LogP contribution in [0.2, 0.25) is 0 Å². The number of nitrogens with zero attached hydrogens (tertiary/aromatic N) is 4. The van der Waals surface area contributed by atoms with Crippen LogP contribution in [0.1, 0.15) is 120 Å². The van der Waals surface area contributed by atoms with Crippen LogP contribution < -0.4 is 15.4 Å². The predicted molar refractivity (Wildman–Crippen MR) is 257 cm³/mol. The van der Waals surface area contributed by atoms with Gasteiger partial charge in [-0.25, -0.2) is 19.6 Å². The molecular formula is C49H74N8O7. The lowest BCUT2D eigenvalue weighted by Gasteiger charge is -2.27. The highest BCUT2D eigenvalue weighted by molar-refractivity contribution is 6.07. The van der Waals surface area contributed by atoms with Gasteiger partial charge in [-0.3, -0.25) is 9.59 Å². The molecule has 1 atom stereocenters. The van der Waals surface area contributed by atoms with Crippen LogP contribution in [0.5, 0.6) is 5.75 Å². The Kier molecular flexibility index (Phi) is 23.5. The SMILES string of the molecule is CC.CC.CC(C)C.CCC.CCCN(Cc1ncc(-c2ccc3c(c2)COc2cc4c(ccc5[nH]c(CN(C(=O)CNC(=O)OC)[C@@H](C)CC)nc54)cc2-3)[nH]1)C(=O)CNC(=O)OC. The molecule has 4 amide bonds. The maximum absolute atomic E-state index is 13.1. The number of benzene rings is 3. The highest BCUT2D eigenvalue weighted by Crippen LogP contribution is 2.42. The number of nitrogens with one attached hydrogen (secondary N) is 4. The van der Waals surface area contributed by atoms with Crippen molar-refractivity contribution < 1.29 is 33.4 Å². The fourth-order valence-electron chi connectivity index (χ4n) is 6.44. The highest BCUT2D eigenvalue weighted by Gasteiger charge is 2.24. The third-order valence-corrected chi connectivity index (χ3v) is 9.42. The summed E-state index contributed by atoms with van der Waals surface area (Å²) < 4.78 is 15.5. The first-order valence-corrected chi connectivity index (χ1v) is 22.7. The Hall–Kier alpha value is -6.12. The molecule has 0 spiro atoms. The lowest BCUT2D eigenvalue weighted by Crippen LogP contribution is -2.44. The standard InChI is InChI=1S/C38H44N8O7.C4H10.C3H8.2C2H6/c1-6-12-45(34(47)17-40-37(49)51-4)19-32-39-16-30(43-32)24-8-10-26-25(13-24)21-53-31-15-27-23(14-28(26)31)9-11-29-36(27)44-33(42-29)20-46(22(3)7-2)35(48)18-41-38(50)52-5;1-4(2)3;1-3-2;2*1-2/h8-11,13-16,22H,6-7,12,17-21H2,1-5H3,(H,39,43)(H,40,49)(H,41,50)(H,42,44);4H,1-3H3;3H2,1-2H3;2*1-2H3/t22-;;;;/m0..../s1. The Balaban J connectivity index is 0.00000117. The molecule has 0 saturated carbocycles. The second-order valence-corrected chi connectivity index (χ2v) is 15.3. The Morgan fingerprint density at radius 3 is 2.02 bits per heavy atom. The van der Waals surface area contributed by atoms with Gasteiger partial charge in [0, 0.05) is 23.5 Å². The lowest BCUT2D eigenvalue weighted by molar-refractivity contribution is -0.133. The van der Waals surface area contributed by atoms with Crippen molar-refractivity contribution in [2.24, 2.45) is 5.92 Å². The summed E-state index contributed by atoms with van der Waals surface area (Å²) >= 11 is 0. The fraction of sp³-hybridized carbons (Fsp3) is 0.510. The molecule has 5 aromatic rings. The molecule has 15 heteroatoms. The van der Waals surface area contributed by atoms with Crippen LogP contribution in [0.25, 0.3) is 44.2 Å². The number of carbonyl (C=O) groups excluding carboxylic acids is 4. The summed E-state index contributed by atoms with van der Waals surface area (Å²) in [7, 11) is 2.51. The third kappa shape index (κ3) is 15.3. The second-order valence-electron chi connectivity index (χ2n) is 15.3. The van der Waals surface area contributed by atoms with Gasteiger partial charge in [0.2, 0.25) is 11.8 Å². The van der Waals surface area contributed by atoms with Gasteiger partial charge in [-0.05, 0) is 72.0 Å². The lowest BCUT2D eigenvalue weighted by atomic mass is 9.92. The number of methoxy groups -OCH3 is 2. The van der Waals surface area contributed by atoms with Crippen molar-refractivity contribution in [2.45, 2.75) is 128 Å². The molecule has 3 heterocycles. The Morgan fingerprint density at radius 1 is 0.797 bits per heavy atom. The number of carbonyl (C=O) groups is 4. The third-order valence-electron chi connectivity index (χ3n) is 9.42. The quantitative estimate of drug-likeness (QED) is 0.0893. The van der Waals surface area contributed by atoms with Gasteiger partial charge in [-0.2, -0.15) is 0 Å². The van der Waals surface area contributed by atoms with Gasteiger partial charge in [0.25, 0.3) is 0 Å². The van der Waals surface area contributed by atoms with Gasteiger partial charge in [0.1, 0.15) is 37.1 Å². The Bertz CT molecular complexity index is 2230. The number of ether oxygens (including phenoxy) is 3. The van der Waals surface area contributed by atoms with Crippen LogP contribution in [0.4, 0.5) is 9.59 Å². The predicted octanol–water partition coefficient (Wildman–Crippen LogP) is 10.4. The van der Waals surface area contributed by atoms with E-state index in [4.69, 9.17) is 9.72 Å². The zero-order valence-corrected chi connectivity index (χ0v) is 40.8. The summed E-state index contributed by atoms with van der Waals surface area (Å²) in [6.45, 7) is 25.8. The summed E-state index contributed by atoms with van der Waals surface area (Å²) in [5.74, 6) is 2.40. The Morgan fingerprint density at radius 2 is 1.42 bits per heavy atom. The molecule has 3 aromatic carbocycles. The summed E-state index contributed by atoms with van der Waals surface area (Å²) in [5.41, 5.74) is 6.45. The number of H-pyrrole nitrogens is 2. The molecule has 0 radical (unpaired) electrons. The van der Waals surface area contributed by atoms with E-state index in [9.17, 15) is 19.2 Å². The molecule has 0 unspecified atom stereocenters. The molecule has 352 valence electrons. The van der Waals surface area contributed by atoms with E-state index in [2.05, 4.69) is 87.9 Å². The van der Waals surface area contributed by atoms with E-state index in [0.717, 1.165) is 74.3 Å². The molecule has 1 aliphatic heterocycles. The van der Waals surface area contributed by atoms with Crippen molar-refractivity contribution in [3.8, 4) is 28.1 Å². The minimum absolute atomic E-state index is 0.0711. The molecule has 1 aliphatic rings. The molecular weight excluding hydrogens is 813 g/mol. The summed E-state index contributed by atoms with van der Waals surface area (Å²) in [4.78, 5) is 68.3. The van der Waals surface area contributed by atoms with Crippen molar-refractivity contribution >= 4 is 45.8 Å².